The van der Waals surface area contributed by atoms with Crippen molar-refractivity contribution in [3.8, 4) is 5.75 Å². The SMILES string of the molecule is COC(=O)c1ccccc1NC(=O)C1(C(=O)NCCc2cccc(OC)c2)CC1. The Kier molecular flexibility index (Phi) is 6.16. The second-order valence-electron chi connectivity index (χ2n) is 6.93. The van der Waals surface area contributed by atoms with Crippen molar-refractivity contribution in [1.82, 2.24) is 5.32 Å². The standard InChI is InChI=1S/C22H24N2O5/c1-28-16-7-5-6-15(14-16)10-13-23-20(26)22(11-12-22)21(27)24-18-9-4-3-8-17(18)19(25)29-2/h3-9,14H,10-13H2,1-2H3,(H,23,26)(H,24,27). The number of methoxy groups -OCH3 is 2. The monoisotopic (exact) mass is 396 g/mol. The molecular weight excluding hydrogens is 372 g/mol. The third kappa shape index (κ3) is 4.56. The van der Waals surface area contributed by atoms with E-state index in [1.165, 1.54) is 7.11 Å². The van der Waals surface area contributed by atoms with Crippen LogP contribution < -0.4 is 15.4 Å². The van der Waals surface area contributed by atoms with Gasteiger partial charge < -0.3 is 20.1 Å². The van der Waals surface area contributed by atoms with Gasteiger partial charge in [-0.2, -0.15) is 0 Å². The summed E-state index contributed by atoms with van der Waals surface area (Å²) in [4.78, 5) is 37.3. The fraction of sp³-hybridized carbons (Fsp3) is 0.318. The Balaban J connectivity index is 1.60. The summed E-state index contributed by atoms with van der Waals surface area (Å²) < 4.78 is 9.94. The number of nitrogens with one attached hydrogen (secondary N) is 2. The van der Waals surface area contributed by atoms with Gasteiger partial charge in [0.25, 0.3) is 0 Å². The molecule has 2 aromatic rings. The molecule has 0 bridgehead atoms. The molecule has 0 saturated heterocycles. The first kappa shape index (κ1) is 20.4. The first-order valence-electron chi connectivity index (χ1n) is 9.40. The summed E-state index contributed by atoms with van der Waals surface area (Å²) in [6.45, 7) is 0.416. The summed E-state index contributed by atoms with van der Waals surface area (Å²) in [6, 6.07) is 14.2. The lowest BCUT2D eigenvalue weighted by Crippen LogP contribution is -2.40. The molecule has 7 heteroatoms. The summed E-state index contributed by atoms with van der Waals surface area (Å²) in [5, 5.41) is 5.57. The average molecular weight is 396 g/mol. The summed E-state index contributed by atoms with van der Waals surface area (Å²) in [5.74, 6) is -0.495. The van der Waals surface area contributed by atoms with Crippen LogP contribution in [0.1, 0.15) is 28.8 Å². The number of benzene rings is 2. The van der Waals surface area contributed by atoms with E-state index in [0.717, 1.165) is 11.3 Å². The number of rotatable bonds is 8. The maximum atomic E-state index is 12.8. The zero-order chi connectivity index (χ0) is 20.9. The molecule has 3 rings (SSSR count). The van der Waals surface area contributed by atoms with Crippen LogP contribution in [0.5, 0.6) is 5.75 Å². The van der Waals surface area contributed by atoms with Crippen LogP contribution in [-0.2, 0) is 20.7 Å². The van der Waals surface area contributed by atoms with Gasteiger partial charge in [0.2, 0.25) is 11.8 Å². The first-order valence-corrected chi connectivity index (χ1v) is 9.40. The number of ether oxygens (including phenoxy) is 2. The minimum Gasteiger partial charge on any atom is -0.497 e. The molecule has 2 aromatic carbocycles. The van der Waals surface area contributed by atoms with Crippen LogP contribution in [0.2, 0.25) is 0 Å². The Morgan fingerprint density at radius 1 is 1.00 bits per heavy atom. The highest BCUT2D eigenvalue weighted by molar-refractivity contribution is 6.14. The molecule has 152 valence electrons. The maximum Gasteiger partial charge on any atom is 0.339 e. The van der Waals surface area contributed by atoms with Gasteiger partial charge in [-0.15, -0.1) is 0 Å². The van der Waals surface area contributed by atoms with Gasteiger partial charge >= 0.3 is 5.97 Å². The van der Waals surface area contributed by atoms with E-state index < -0.39 is 17.3 Å². The smallest absolute Gasteiger partial charge is 0.339 e. The third-order valence-corrected chi connectivity index (χ3v) is 5.03. The number of esters is 1. The summed E-state index contributed by atoms with van der Waals surface area (Å²) >= 11 is 0. The van der Waals surface area contributed by atoms with Crippen LogP contribution in [0.3, 0.4) is 0 Å². The molecule has 0 unspecified atom stereocenters. The van der Waals surface area contributed by atoms with E-state index in [1.807, 2.05) is 24.3 Å². The largest absolute Gasteiger partial charge is 0.497 e. The quantitative estimate of drug-likeness (QED) is 0.528. The van der Waals surface area contributed by atoms with Crippen LogP contribution >= 0.6 is 0 Å². The fourth-order valence-corrected chi connectivity index (χ4v) is 3.12. The van der Waals surface area contributed by atoms with Gasteiger partial charge in [0.05, 0.1) is 25.5 Å². The predicted octanol–water partition coefficient (Wildman–Crippen LogP) is 2.56. The molecule has 0 spiro atoms. The molecule has 0 radical (unpaired) electrons. The predicted molar refractivity (Wildman–Crippen MR) is 108 cm³/mol. The van der Waals surface area contributed by atoms with Crippen molar-refractivity contribution in [2.24, 2.45) is 5.41 Å². The second-order valence-corrected chi connectivity index (χ2v) is 6.93. The molecule has 1 fully saturated rings. The molecule has 1 aliphatic carbocycles. The van der Waals surface area contributed by atoms with E-state index in [2.05, 4.69) is 10.6 Å². The molecule has 29 heavy (non-hydrogen) atoms. The van der Waals surface area contributed by atoms with Crippen molar-refractivity contribution in [3.63, 3.8) is 0 Å². The molecule has 0 atom stereocenters. The van der Waals surface area contributed by atoms with E-state index >= 15 is 0 Å². The summed E-state index contributed by atoms with van der Waals surface area (Å²) in [6.07, 6.45) is 1.58. The molecule has 0 aliphatic heterocycles. The number of hydrogen-bond donors (Lipinski definition) is 2. The van der Waals surface area contributed by atoms with E-state index in [1.54, 1.807) is 31.4 Å². The average Bonchev–Trinajstić information content (AvgIpc) is 3.56. The van der Waals surface area contributed by atoms with E-state index in [-0.39, 0.29) is 11.5 Å². The lowest BCUT2D eigenvalue weighted by molar-refractivity contribution is -0.134. The normalized spacial score (nSPS) is 13.9. The van der Waals surface area contributed by atoms with Crippen molar-refractivity contribution < 1.29 is 23.9 Å². The van der Waals surface area contributed by atoms with Gasteiger partial charge in [-0.05, 0) is 49.1 Å². The molecule has 0 heterocycles. The van der Waals surface area contributed by atoms with Gasteiger partial charge in [0.1, 0.15) is 11.2 Å². The number of carbonyl (C=O) groups is 3. The Morgan fingerprint density at radius 2 is 1.76 bits per heavy atom. The first-order chi connectivity index (χ1) is 14.0. The Bertz CT molecular complexity index is 921. The molecule has 1 saturated carbocycles. The zero-order valence-corrected chi connectivity index (χ0v) is 16.5. The lowest BCUT2D eigenvalue weighted by atomic mass is 10.0. The highest BCUT2D eigenvalue weighted by atomic mass is 16.5. The van der Waals surface area contributed by atoms with Crippen molar-refractivity contribution >= 4 is 23.5 Å². The zero-order valence-electron chi connectivity index (χ0n) is 16.5. The van der Waals surface area contributed by atoms with Gasteiger partial charge in [-0.1, -0.05) is 24.3 Å². The summed E-state index contributed by atoms with van der Waals surface area (Å²) in [7, 11) is 2.88. The number of anilines is 1. The number of amides is 2. The van der Waals surface area contributed by atoms with E-state index in [9.17, 15) is 14.4 Å². The molecule has 7 nitrogen and oxygen atoms in total. The van der Waals surface area contributed by atoms with Gasteiger partial charge in [-0.3, -0.25) is 9.59 Å². The maximum absolute atomic E-state index is 12.8. The van der Waals surface area contributed by atoms with Crippen molar-refractivity contribution in [1.29, 1.82) is 0 Å². The lowest BCUT2D eigenvalue weighted by Gasteiger charge is -2.17. The van der Waals surface area contributed by atoms with Crippen LogP contribution in [0.4, 0.5) is 5.69 Å². The number of carbonyl (C=O) groups excluding carboxylic acids is 3. The number of hydrogen-bond acceptors (Lipinski definition) is 5. The highest BCUT2D eigenvalue weighted by Gasteiger charge is 2.56. The number of para-hydroxylation sites is 1. The van der Waals surface area contributed by atoms with Gasteiger partial charge in [0, 0.05) is 6.54 Å². The van der Waals surface area contributed by atoms with Crippen LogP contribution in [0.25, 0.3) is 0 Å². The van der Waals surface area contributed by atoms with Crippen molar-refractivity contribution in [2.75, 3.05) is 26.1 Å². The molecular formula is C22H24N2O5. The van der Waals surface area contributed by atoms with Crippen LogP contribution in [0, 0.1) is 5.41 Å². The van der Waals surface area contributed by atoms with Gasteiger partial charge in [0.15, 0.2) is 0 Å². The van der Waals surface area contributed by atoms with E-state index in [4.69, 9.17) is 9.47 Å². The molecule has 2 N–H and O–H groups in total. The third-order valence-electron chi connectivity index (χ3n) is 5.03. The topological polar surface area (TPSA) is 93.7 Å². The van der Waals surface area contributed by atoms with Crippen molar-refractivity contribution in [2.45, 2.75) is 19.3 Å². The van der Waals surface area contributed by atoms with Crippen LogP contribution in [0.15, 0.2) is 48.5 Å². The Morgan fingerprint density at radius 3 is 2.45 bits per heavy atom. The van der Waals surface area contributed by atoms with Crippen LogP contribution in [-0.4, -0.2) is 38.5 Å². The van der Waals surface area contributed by atoms with Crippen molar-refractivity contribution in [3.05, 3.63) is 59.7 Å². The summed E-state index contributed by atoms with van der Waals surface area (Å²) in [5.41, 5.74) is 0.529. The molecule has 0 aromatic heterocycles. The minimum atomic E-state index is -1.09. The van der Waals surface area contributed by atoms with Gasteiger partial charge in [-0.25, -0.2) is 4.79 Å². The Hall–Kier alpha value is -3.35. The van der Waals surface area contributed by atoms with E-state index in [0.29, 0.717) is 31.5 Å². The molecule has 1 aliphatic rings. The Labute approximate surface area is 169 Å². The fourth-order valence-electron chi connectivity index (χ4n) is 3.12. The second kappa shape index (κ2) is 8.77. The highest BCUT2D eigenvalue weighted by Crippen LogP contribution is 2.47. The minimum absolute atomic E-state index is 0.248. The molecule has 2 amide bonds.